The summed E-state index contributed by atoms with van der Waals surface area (Å²) in [7, 11) is 0. The number of rotatable bonds is 5. The smallest absolute Gasteiger partial charge is 0.335 e. The van der Waals surface area contributed by atoms with Crippen molar-refractivity contribution < 1.29 is 19.1 Å². The summed E-state index contributed by atoms with van der Waals surface area (Å²) < 4.78 is 13.4. The van der Waals surface area contributed by atoms with Gasteiger partial charge in [-0.05, 0) is 47.5 Å². The predicted molar refractivity (Wildman–Crippen MR) is 105 cm³/mol. The summed E-state index contributed by atoms with van der Waals surface area (Å²) in [6.07, 6.45) is 0.215. The van der Waals surface area contributed by atoms with E-state index in [1.54, 1.807) is 18.2 Å². The Kier molecular flexibility index (Phi) is 4.53. The maximum absolute atomic E-state index is 13.4. The minimum atomic E-state index is -0.981. The molecule has 1 aromatic heterocycles. The molecule has 0 radical (unpaired) electrons. The molecule has 0 aliphatic heterocycles. The van der Waals surface area contributed by atoms with Gasteiger partial charge in [0.1, 0.15) is 5.82 Å². The Balaban J connectivity index is 1.44. The van der Waals surface area contributed by atoms with Crippen LogP contribution in [0.25, 0.3) is 21.8 Å². The first kappa shape index (κ1) is 17.7. The third-order valence-corrected chi connectivity index (χ3v) is 4.68. The van der Waals surface area contributed by atoms with Crippen LogP contribution in [0.15, 0.2) is 60.7 Å². The van der Waals surface area contributed by atoms with E-state index in [1.165, 1.54) is 24.3 Å². The van der Waals surface area contributed by atoms with Crippen molar-refractivity contribution in [3.8, 4) is 0 Å². The Hall–Kier alpha value is -3.67. The molecule has 0 atom stereocenters. The molecule has 0 fully saturated rings. The lowest BCUT2D eigenvalue weighted by atomic mass is 10.1. The summed E-state index contributed by atoms with van der Waals surface area (Å²) in [5, 5.41) is 13.7. The molecule has 28 heavy (non-hydrogen) atoms. The normalized spacial score (nSPS) is 11.0. The molecule has 0 saturated heterocycles. The van der Waals surface area contributed by atoms with Crippen molar-refractivity contribution in [1.29, 1.82) is 0 Å². The number of aromatic amines is 1. The number of carboxylic acids is 1. The maximum Gasteiger partial charge on any atom is 0.335 e. The molecule has 3 aromatic carbocycles. The number of H-pyrrole nitrogens is 1. The van der Waals surface area contributed by atoms with Crippen molar-refractivity contribution in [2.45, 2.75) is 13.0 Å². The van der Waals surface area contributed by atoms with Gasteiger partial charge in [-0.2, -0.15) is 0 Å². The number of carbonyl (C=O) groups excluding carboxylic acids is 1. The van der Waals surface area contributed by atoms with Gasteiger partial charge in [-0.25, -0.2) is 9.18 Å². The van der Waals surface area contributed by atoms with Crippen LogP contribution in [0.2, 0.25) is 0 Å². The zero-order valence-corrected chi connectivity index (χ0v) is 14.8. The van der Waals surface area contributed by atoms with Gasteiger partial charge in [0.2, 0.25) is 5.91 Å². The second-order valence-corrected chi connectivity index (χ2v) is 6.65. The summed E-state index contributed by atoms with van der Waals surface area (Å²) in [6.45, 7) is 0.326. The molecule has 0 saturated carbocycles. The zero-order valence-electron chi connectivity index (χ0n) is 14.8. The average Bonchev–Trinajstić information content (AvgIpc) is 3.03. The summed E-state index contributed by atoms with van der Waals surface area (Å²) in [6, 6.07) is 16.7. The van der Waals surface area contributed by atoms with Crippen LogP contribution in [0.4, 0.5) is 4.39 Å². The van der Waals surface area contributed by atoms with E-state index in [1.807, 2.05) is 18.2 Å². The van der Waals surface area contributed by atoms with Crippen molar-refractivity contribution in [2.24, 2.45) is 0 Å². The zero-order chi connectivity index (χ0) is 19.7. The Labute approximate surface area is 159 Å². The van der Waals surface area contributed by atoms with Crippen LogP contribution in [0.3, 0.4) is 0 Å². The fraction of sp³-hybridized carbons (Fsp3) is 0.0909. The number of aromatic nitrogens is 1. The van der Waals surface area contributed by atoms with Crippen LogP contribution in [0.5, 0.6) is 0 Å². The Morgan fingerprint density at radius 2 is 1.54 bits per heavy atom. The summed E-state index contributed by atoms with van der Waals surface area (Å²) in [4.78, 5) is 26.3. The monoisotopic (exact) mass is 376 g/mol. The van der Waals surface area contributed by atoms with Crippen molar-refractivity contribution in [2.75, 3.05) is 0 Å². The molecule has 0 unspecified atom stereocenters. The highest BCUT2D eigenvalue weighted by Crippen LogP contribution is 2.26. The van der Waals surface area contributed by atoms with Crippen LogP contribution >= 0.6 is 0 Å². The maximum atomic E-state index is 13.4. The summed E-state index contributed by atoms with van der Waals surface area (Å²) in [5.74, 6) is -1.41. The lowest BCUT2D eigenvalue weighted by Crippen LogP contribution is -2.24. The first-order valence-corrected chi connectivity index (χ1v) is 8.78. The fourth-order valence-electron chi connectivity index (χ4n) is 3.25. The SMILES string of the molecule is O=C(Cc1ccc2c(c1)[nH]c1cc(F)ccc12)NCc1ccc(C(=O)O)cc1. The first-order valence-electron chi connectivity index (χ1n) is 8.78. The van der Waals surface area contributed by atoms with Crippen LogP contribution in [0, 0.1) is 5.82 Å². The van der Waals surface area contributed by atoms with E-state index in [0.717, 1.165) is 32.9 Å². The second kappa shape index (κ2) is 7.15. The van der Waals surface area contributed by atoms with Gasteiger partial charge in [-0.3, -0.25) is 4.79 Å². The van der Waals surface area contributed by atoms with E-state index in [4.69, 9.17) is 5.11 Å². The van der Waals surface area contributed by atoms with Gasteiger partial charge in [-0.15, -0.1) is 0 Å². The first-order chi connectivity index (χ1) is 13.5. The van der Waals surface area contributed by atoms with Gasteiger partial charge in [0, 0.05) is 28.4 Å². The van der Waals surface area contributed by atoms with Crippen LogP contribution in [-0.4, -0.2) is 22.0 Å². The van der Waals surface area contributed by atoms with E-state index in [0.29, 0.717) is 6.54 Å². The molecule has 4 rings (SSSR count). The number of fused-ring (bicyclic) bond motifs is 3. The lowest BCUT2D eigenvalue weighted by Gasteiger charge is -2.06. The molecule has 140 valence electrons. The molecule has 0 spiro atoms. The lowest BCUT2D eigenvalue weighted by molar-refractivity contribution is -0.120. The molecular formula is C22H17FN2O3. The molecular weight excluding hydrogens is 359 g/mol. The van der Waals surface area contributed by atoms with Gasteiger partial charge in [0.15, 0.2) is 0 Å². The number of halogens is 1. The molecule has 6 heteroatoms. The number of carbonyl (C=O) groups is 2. The number of nitrogens with one attached hydrogen (secondary N) is 2. The highest BCUT2D eigenvalue weighted by molar-refractivity contribution is 6.07. The Morgan fingerprint density at radius 3 is 2.25 bits per heavy atom. The summed E-state index contributed by atoms with van der Waals surface area (Å²) >= 11 is 0. The molecule has 5 nitrogen and oxygen atoms in total. The van der Waals surface area contributed by atoms with E-state index >= 15 is 0 Å². The Morgan fingerprint density at radius 1 is 0.893 bits per heavy atom. The quantitative estimate of drug-likeness (QED) is 0.492. The standard InChI is InChI=1S/C22H17FN2O3/c23-16-6-8-18-17-7-3-14(9-19(17)25-20(18)11-16)10-21(26)24-12-13-1-4-15(5-2-13)22(27)28/h1-9,11,25H,10,12H2,(H,24,26)(H,27,28). The van der Waals surface area contributed by atoms with E-state index < -0.39 is 5.97 Å². The number of benzene rings is 3. The third-order valence-electron chi connectivity index (χ3n) is 4.68. The fourth-order valence-corrected chi connectivity index (χ4v) is 3.25. The van der Waals surface area contributed by atoms with Crippen molar-refractivity contribution >= 4 is 33.7 Å². The predicted octanol–water partition coefficient (Wildman–Crippen LogP) is 4.02. The summed E-state index contributed by atoms with van der Waals surface area (Å²) in [5.41, 5.74) is 3.46. The molecule has 4 aromatic rings. The van der Waals surface area contributed by atoms with Crippen molar-refractivity contribution in [1.82, 2.24) is 10.3 Å². The van der Waals surface area contributed by atoms with Gasteiger partial charge in [0.25, 0.3) is 0 Å². The molecule has 1 heterocycles. The second-order valence-electron chi connectivity index (χ2n) is 6.65. The highest BCUT2D eigenvalue weighted by atomic mass is 19.1. The van der Waals surface area contributed by atoms with Crippen LogP contribution in [0.1, 0.15) is 21.5 Å². The third kappa shape index (κ3) is 3.57. The molecule has 0 bridgehead atoms. The topological polar surface area (TPSA) is 82.2 Å². The van der Waals surface area contributed by atoms with E-state index in [9.17, 15) is 14.0 Å². The number of aromatic carboxylic acids is 1. The minimum absolute atomic E-state index is 0.135. The van der Waals surface area contributed by atoms with E-state index in [2.05, 4.69) is 10.3 Å². The number of hydrogen-bond acceptors (Lipinski definition) is 2. The van der Waals surface area contributed by atoms with Crippen molar-refractivity contribution in [3.63, 3.8) is 0 Å². The largest absolute Gasteiger partial charge is 0.478 e. The molecule has 1 amide bonds. The molecule has 0 aliphatic rings. The van der Waals surface area contributed by atoms with Crippen molar-refractivity contribution in [3.05, 3.63) is 83.2 Å². The Bertz CT molecular complexity index is 1200. The van der Waals surface area contributed by atoms with Gasteiger partial charge in [0.05, 0.1) is 12.0 Å². The molecule has 3 N–H and O–H groups in total. The number of amides is 1. The van der Waals surface area contributed by atoms with Gasteiger partial charge >= 0.3 is 5.97 Å². The minimum Gasteiger partial charge on any atom is -0.478 e. The molecule has 0 aliphatic carbocycles. The van der Waals surface area contributed by atoms with E-state index in [-0.39, 0.29) is 23.7 Å². The van der Waals surface area contributed by atoms with Gasteiger partial charge in [-0.1, -0.05) is 24.3 Å². The van der Waals surface area contributed by atoms with Gasteiger partial charge < -0.3 is 15.4 Å². The highest BCUT2D eigenvalue weighted by Gasteiger charge is 2.09. The average molecular weight is 376 g/mol. The van der Waals surface area contributed by atoms with Crippen LogP contribution < -0.4 is 5.32 Å². The van der Waals surface area contributed by atoms with Crippen LogP contribution in [-0.2, 0) is 17.8 Å². The number of hydrogen-bond donors (Lipinski definition) is 3. The number of carboxylic acid groups (broad SMARTS) is 1.